The Hall–Kier alpha value is -0.0800. The maximum atomic E-state index is 3.83. The van der Waals surface area contributed by atoms with Crippen molar-refractivity contribution in [1.82, 2.24) is 10.2 Å². The molecular formula is C16H34N2. The summed E-state index contributed by atoms with van der Waals surface area (Å²) in [7, 11) is 4.35. The van der Waals surface area contributed by atoms with E-state index in [2.05, 4.69) is 38.2 Å². The van der Waals surface area contributed by atoms with Crippen LogP contribution in [0.3, 0.4) is 0 Å². The van der Waals surface area contributed by atoms with Crippen molar-refractivity contribution in [3.05, 3.63) is 0 Å². The van der Waals surface area contributed by atoms with E-state index in [4.69, 9.17) is 0 Å². The standard InChI is InChI=1S/C16H34N2/c1-14(2)16(13-18(3)4)17-12-15-10-8-6-5-7-9-11-15/h14-17H,5-13H2,1-4H3. The van der Waals surface area contributed by atoms with Crippen molar-refractivity contribution in [1.29, 1.82) is 0 Å². The van der Waals surface area contributed by atoms with Crippen molar-refractivity contribution in [3.8, 4) is 0 Å². The summed E-state index contributed by atoms with van der Waals surface area (Å²) in [6, 6.07) is 0.644. The van der Waals surface area contributed by atoms with Gasteiger partial charge < -0.3 is 10.2 Å². The second-order valence-electron chi connectivity index (χ2n) is 6.73. The van der Waals surface area contributed by atoms with Gasteiger partial charge in [-0.05, 0) is 45.3 Å². The summed E-state index contributed by atoms with van der Waals surface area (Å²) in [5.74, 6) is 1.65. The van der Waals surface area contributed by atoms with Gasteiger partial charge in [-0.1, -0.05) is 46.0 Å². The first-order valence-corrected chi connectivity index (χ1v) is 7.97. The molecule has 108 valence electrons. The van der Waals surface area contributed by atoms with Crippen LogP contribution in [0, 0.1) is 11.8 Å². The third kappa shape index (κ3) is 6.75. The van der Waals surface area contributed by atoms with Crippen LogP contribution in [0.5, 0.6) is 0 Å². The highest BCUT2D eigenvalue weighted by molar-refractivity contribution is 4.75. The van der Waals surface area contributed by atoms with E-state index in [1.807, 2.05) is 0 Å². The van der Waals surface area contributed by atoms with E-state index in [0.29, 0.717) is 6.04 Å². The van der Waals surface area contributed by atoms with Crippen LogP contribution >= 0.6 is 0 Å². The lowest BCUT2D eigenvalue weighted by Crippen LogP contribution is -2.44. The van der Waals surface area contributed by atoms with Gasteiger partial charge in [0.05, 0.1) is 0 Å². The Morgan fingerprint density at radius 2 is 1.56 bits per heavy atom. The average molecular weight is 254 g/mol. The predicted octanol–water partition coefficient (Wildman–Crippen LogP) is 3.52. The third-order valence-electron chi connectivity index (χ3n) is 4.26. The molecule has 2 heteroatoms. The molecule has 0 aromatic carbocycles. The van der Waals surface area contributed by atoms with E-state index >= 15 is 0 Å². The third-order valence-corrected chi connectivity index (χ3v) is 4.26. The Morgan fingerprint density at radius 1 is 1.00 bits per heavy atom. The van der Waals surface area contributed by atoms with Crippen LogP contribution in [-0.2, 0) is 0 Å². The highest BCUT2D eigenvalue weighted by Crippen LogP contribution is 2.22. The Kier molecular flexibility index (Phi) is 7.92. The lowest BCUT2D eigenvalue weighted by molar-refractivity contribution is 0.265. The largest absolute Gasteiger partial charge is 0.312 e. The Labute approximate surface area is 115 Å². The Balaban J connectivity index is 2.30. The molecule has 18 heavy (non-hydrogen) atoms. The van der Waals surface area contributed by atoms with Gasteiger partial charge in [0.2, 0.25) is 0 Å². The molecule has 0 aromatic heterocycles. The molecule has 0 aliphatic heterocycles. The number of nitrogens with one attached hydrogen (secondary N) is 1. The molecule has 0 spiro atoms. The monoisotopic (exact) mass is 254 g/mol. The van der Waals surface area contributed by atoms with Crippen molar-refractivity contribution in [2.75, 3.05) is 27.2 Å². The maximum Gasteiger partial charge on any atom is 0.0217 e. The summed E-state index contributed by atoms with van der Waals surface area (Å²) in [6.07, 6.45) is 10.2. The van der Waals surface area contributed by atoms with E-state index in [0.717, 1.165) is 18.4 Å². The number of rotatable bonds is 6. The SMILES string of the molecule is CC(C)C(CN(C)C)NCC1CCCCCCC1. The zero-order valence-corrected chi connectivity index (χ0v) is 13.0. The van der Waals surface area contributed by atoms with Gasteiger partial charge in [-0.3, -0.25) is 0 Å². The average Bonchev–Trinajstić information content (AvgIpc) is 2.24. The summed E-state index contributed by atoms with van der Waals surface area (Å²) < 4.78 is 0. The predicted molar refractivity (Wildman–Crippen MR) is 81.0 cm³/mol. The zero-order valence-electron chi connectivity index (χ0n) is 13.0. The quantitative estimate of drug-likeness (QED) is 0.780. The van der Waals surface area contributed by atoms with Crippen molar-refractivity contribution >= 4 is 0 Å². The van der Waals surface area contributed by atoms with Gasteiger partial charge in [0.15, 0.2) is 0 Å². The molecule has 2 nitrogen and oxygen atoms in total. The van der Waals surface area contributed by atoms with E-state index < -0.39 is 0 Å². The highest BCUT2D eigenvalue weighted by atomic mass is 15.1. The van der Waals surface area contributed by atoms with Crippen molar-refractivity contribution < 1.29 is 0 Å². The fraction of sp³-hybridized carbons (Fsp3) is 1.00. The van der Waals surface area contributed by atoms with Crippen LogP contribution in [0.4, 0.5) is 0 Å². The lowest BCUT2D eigenvalue weighted by atomic mass is 9.90. The summed E-state index contributed by atoms with van der Waals surface area (Å²) >= 11 is 0. The molecule has 0 bridgehead atoms. The van der Waals surface area contributed by atoms with Gasteiger partial charge in [0.1, 0.15) is 0 Å². The molecule has 0 aromatic rings. The molecule has 0 amide bonds. The van der Waals surface area contributed by atoms with Crippen LogP contribution in [0.25, 0.3) is 0 Å². The lowest BCUT2D eigenvalue weighted by Gasteiger charge is -2.28. The number of hydrogen-bond donors (Lipinski definition) is 1. The first-order valence-electron chi connectivity index (χ1n) is 7.97. The molecule has 0 radical (unpaired) electrons. The van der Waals surface area contributed by atoms with Crippen LogP contribution in [0.15, 0.2) is 0 Å². The molecular weight excluding hydrogens is 220 g/mol. The smallest absolute Gasteiger partial charge is 0.0217 e. The zero-order chi connectivity index (χ0) is 13.4. The van der Waals surface area contributed by atoms with Gasteiger partial charge in [0.25, 0.3) is 0 Å². The summed E-state index contributed by atoms with van der Waals surface area (Å²) in [5.41, 5.74) is 0. The molecule has 1 rings (SSSR count). The van der Waals surface area contributed by atoms with Crippen molar-refractivity contribution in [3.63, 3.8) is 0 Å². The summed E-state index contributed by atoms with van der Waals surface area (Å²) in [6.45, 7) is 7.06. The molecule has 1 saturated carbocycles. The van der Waals surface area contributed by atoms with Gasteiger partial charge in [-0.2, -0.15) is 0 Å². The number of nitrogens with zero attached hydrogens (tertiary/aromatic N) is 1. The van der Waals surface area contributed by atoms with E-state index in [1.165, 1.54) is 51.5 Å². The minimum absolute atomic E-state index is 0.644. The molecule has 1 fully saturated rings. The first-order chi connectivity index (χ1) is 8.59. The Bertz CT molecular complexity index is 193. The summed E-state index contributed by atoms with van der Waals surface area (Å²) in [4.78, 5) is 2.30. The van der Waals surface area contributed by atoms with Crippen LogP contribution < -0.4 is 5.32 Å². The fourth-order valence-corrected chi connectivity index (χ4v) is 2.97. The number of likely N-dealkylation sites (N-methyl/N-ethyl adjacent to an activating group) is 1. The van der Waals surface area contributed by atoms with Gasteiger partial charge in [0, 0.05) is 12.6 Å². The molecule has 1 unspecified atom stereocenters. The maximum absolute atomic E-state index is 3.83. The number of hydrogen-bond acceptors (Lipinski definition) is 2. The minimum Gasteiger partial charge on any atom is -0.312 e. The van der Waals surface area contributed by atoms with Gasteiger partial charge in [-0.25, -0.2) is 0 Å². The van der Waals surface area contributed by atoms with Crippen LogP contribution in [0.2, 0.25) is 0 Å². The second-order valence-corrected chi connectivity index (χ2v) is 6.73. The van der Waals surface area contributed by atoms with Crippen molar-refractivity contribution in [2.24, 2.45) is 11.8 Å². The minimum atomic E-state index is 0.644. The van der Waals surface area contributed by atoms with Crippen LogP contribution in [-0.4, -0.2) is 38.1 Å². The van der Waals surface area contributed by atoms with E-state index in [-0.39, 0.29) is 0 Å². The molecule has 1 aliphatic carbocycles. The van der Waals surface area contributed by atoms with Gasteiger partial charge in [-0.15, -0.1) is 0 Å². The molecule has 1 N–H and O–H groups in total. The topological polar surface area (TPSA) is 15.3 Å². The van der Waals surface area contributed by atoms with Crippen LogP contribution in [0.1, 0.15) is 58.8 Å². The van der Waals surface area contributed by atoms with Crippen molar-refractivity contribution in [2.45, 2.75) is 64.8 Å². The summed E-state index contributed by atoms with van der Waals surface area (Å²) in [5, 5.41) is 3.83. The Morgan fingerprint density at radius 3 is 2.06 bits per heavy atom. The molecule has 0 heterocycles. The molecule has 1 atom stereocenters. The fourth-order valence-electron chi connectivity index (χ4n) is 2.97. The van der Waals surface area contributed by atoms with E-state index in [9.17, 15) is 0 Å². The second kappa shape index (κ2) is 8.92. The van der Waals surface area contributed by atoms with E-state index in [1.54, 1.807) is 0 Å². The van der Waals surface area contributed by atoms with Gasteiger partial charge >= 0.3 is 0 Å². The molecule has 1 aliphatic rings. The first kappa shape index (κ1) is 16.0. The highest BCUT2D eigenvalue weighted by Gasteiger charge is 2.17. The normalized spacial score (nSPS) is 21.0. The molecule has 0 saturated heterocycles.